The standard InChI is InChI=1S/C12H23N5O/c1-5-16(6-2)10(3)7-14-12(18)11(4)17-9-13-8-15-17/h8-11H,5-7H2,1-4H3,(H,14,18)/t10-,11+/m0/s1. The van der Waals surface area contributed by atoms with Gasteiger partial charge in [0.05, 0.1) is 0 Å². The summed E-state index contributed by atoms with van der Waals surface area (Å²) >= 11 is 0. The van der Waals surface area contributed by atoms with Crippen molar-refractivity contribution in [2.24, 2.45) is 0 Å². The van der Waals surface area contributed by atoms with Crippen molar-refractivity contribution >= 4 is 5.91 Å². The van der Waals surface area contributed by atoms with Crippen molar-refractivity contribution < 1.29 is 4.79 Å². The first-order chi connectivity index (χ1) is 8.60. The molecule has 0 saturated heterocycles. The van der Waals surface area contributed by atoms with Gasteiger partial charge in [-0.15, -0.1) is 0 Å². The van der Waals surface area contributed by atoms with E-state index < -0.39 is 0 Å². The molecular weight excluding hydrogens is 230 g/mol. The molecule has 0 fully saturated rings. The molecule has 1 N–H and O–H groups in total. The molecule has 6 nitrogen and oxygen atoms in total. The Hall–Kier alpha value is -1.43. The summed E-state index contributed by atoms with van der Waals surface area (Å²) in [5.74, 6) is -0.0282. The Morgan fingerprint density at radius 1 is 1.39 bits per heavy atom. The zero-order chi connectivity index (χ0) is 13.5. The van der Waals surface area contributed by atoms with Crippen molar-refractivity contribution in [2.45, 2.75) is 39.8 Å². The zero-order valence-electron chi connectivity index (χ0n) is 11.6. The second-order valence-corrected chi connectivity index (χ2v) is 4.37. The minimum absolute atomic E-state index is 0.0282. The average molecular weight is 253 g/mol. The van der Waals surface area contributed by atoms with E-state index in [1.54, 1.807) is 11.0 Å². The largest absolute Gasteiger partial charge is 0.353 e. The van der Waals surface area contributed by atoms with Crippen molar-refractivity contribution in [1.29, 1.82) is 0 Å². The number of carbonyl (C=O) groups excluding carboxylic acids is 1. The summed E-state index contributed by atoms with van der Waals surface area (Å²) in [7, 11) is 0. The predicted octanol–water partition coefficient (Wildman–Crippen LogP) is 0.686. The Morgan fingerprint density at radius 2 is 2.06 bits per heavy atom. The van der Waals surface area contributed by atoms with Crippen LogP contribution in [0.25, 0.3) is 0 Å². The maximum absolute atomic E-state index is 11.9. The Kier molecular flexibility index (Phi) is 5.77. The second-order valence-electron chi connectivity index (χ2n) is 4.37. The molecule has 0 aromatic carbocycles. The molecule has 0 bridgehead atoms. The van der Waals surface area contributed by atoms with Crippen molar-refractivity contribution in [3.63, 3.8) is 0 Å². The highest BCUT2D eigenvalue weighted by atomic mass is 16.2. The topological polar surface area (TPSA) is 63.1 Å². The van der Waals surface area contributed by atoms with Crippen molar-refractivity contribution in [3.05, 3.63) is 12.7 Å². The molecular formula is C12H23N5O. The molecule has 0 aliphatic heterocycles. The van der Waals surface area contributed by atoms with E-state index in [2.05, 4.69) is 41.1 Å². The van der Waals surface area contributed by atoms with Crippen LogP contribution >= 0.6 is 0 Å². The summed E-state index contributed by atoms with van der Waals surface area (Å²) in [6.45, 7) is 10.8. The van der Waals surface area contributed by atoms with Gasteiger partial charge < -0.3 is 5.32 Å². The van der Waals surface area contributed by atoms with Crippen LogP contribution < -0.4 is 5.32 Å². The highest BCUT2D eigenvalue weighted by Gasteiger charge is 2.17. The second kappa shape index (κ2) is 7.10. The van der Waals surface area contributed by atoms with E-state index >= 15 is 0 Å². The van der Waals surface area contributed by atoms with E-state index in [0.717, 1.165) is 13.1 Å². The predicted molar refractivity (Wildman–Crippen MR) is 70.1 cm³/mol. The van der Waals surface area contributed by atoms with E-state index in [-0.39, 0.29) is 11.9 Å². The van der Waals surface area contributed by atoms with E-state index in [9.17, 15) is 4.79 Å². The smallest absolute Gasteiger partial charge is 0.244 e. The molecule has 1 amide bonds. The van der Waals surface area contributed by atoms with Gasteiger partial charge in [-0.1, -0.05) is 13.8 Å². The average Bonchev–Trinajstić information content (AvgIpc) is 2.90. The number of hydrogen-bond acceptors (Lipinski definition) is 4. The van der Waals surface area contributed by atoms with Crippen LogP contribution in [-0.4, -0.2) is 51.2 Å². The number of amides is 1. The van der Waals surface area contributed by atoms with Gasteiger partial charge in [0.25, 0.3) is 0 Å². The lowest BCUT2D eigenvalue weighted by Crippen LogP contribution is -2.43. The van der Waals surface area contributed by atoms with E-state index in [1.807, 2.05) is 6.92 Å². The maximum Gasteiger partial charge on any atom is 0.244 e. The number of likely N-dealkylation sites (N-methyl/N-ethyl adjacent to an activating group) is 1. The third kappa shape index (κ3) is 3.80. The molecule has 0 radical (unpaired) electrons. The lowest BCUT2D eigenvalue weighted by Gasteiger charge is -2.26. The van der Waals surface area contributed by atoms with Gasteiger partial charge in [-0.25, -0.2) is 9.67 Å². The SMILES string of the molecule is CCN(CC)[C@@H](C)CNC(=O)[C@@H](C)n1cncn1. The zero-order valence-corrected chi connectivity index (χ0v) is 11.6. The van der Waals surface area contributed by atoms with Gasteiger partial charge in [-0.3, -0.25) is 9.69 Å². The number of nitrogens with one attached hydrogen (secondary N) is 1. The summed E-state index contributed by atoms with van der Waals surface area (Å²) < 4.78 is 1.55. The van der Waals surface area contributed by atoms with Crippen LogP contribution in [0.5, 0.6) is 0 Å². The summed E-state index contributed by atoms with van der Waals surface area (Å²) in [6, 6.07) is 0.0169. The van der Waals surface area contributed by atoms with Gasteiger partial charge in [0.1, 0.15) is 18.7 Å². The third-order valence-corrected chi connectivity index (χ3v) is 3.22. The Bertz CT molecular complexity index is 347. The number of carbonyl (C=O) groups is 1. The van der Waals surface area contributed by atoms with E-state index in [1.165, 1.54) is 6.33 Å². The van der Waals surface area contributed by atoms with E-state index in [4.69, 9.17) is 0 Å². The van der Waals surface area contributed by atoms with Crippen molar-refractivity contribution in [2.75, 3.05) is 19.6 Å². The van der Waals surface area contributed by atoms with Crippen LogP contribution in [0.4, 0.5) is 0 Å². The van der Waals surface area contributed by atoms with Gasteiger partial charge in [0.2, 0.25) is 5.91 Å². The van der Waals surface area contributed by atoms with Crippen LogP contribution in [-0.2, 0) is 4.79 Å². The first-order valence-electron chi connectivity index (χ1n) is 6.46. The molecule has 0 unspecified atom stereocenters. The quantitative estimate of drug-likeness (QED) is 0.776. The number of aromatic nitrogens is 3. The fourth-order valence-corrected chi connectivity index (χ4v) is 1.91. The highest BCUT2D eigenvalue weighted by molar-refractivity contribution is 5.79. The lowest BCUT2D eigenvalue weighted by molar-refractivity contribution is -0.124. The minimum atomic E-state index is -0.323. The molecule has 1 heterocycles. The van der Waals surface area contributed by atoms with Crippen molar-refractivity contribution in [3.8, 4) is 0 Å². The Labute approximate surface area is 108 Å². The normalized spacial score (nSPS) is 14.5. The van der Waals surface area contributed by atoms with E-state index in [0.29, 0.717) is 12.6 Å². The van der Waals surface area contributed by atoms with Crippen molar-refractivity contribution in [1.82, 2.24) is 25.0 Å². The molecule has 6 heteroatoms. The van der Waals surface area contributed by atoms with Gasteiger partial charge in [0.15, 0.2) is 0 Å². The molecule has 2 atom stereocenters. The summed E-state index contributed by atoms with van der Waals surface area (Å²) in [5, 5.41) is 6.92. The molecule has 0 spiro atoms. The van der Waals surface area contributed by atoms with Gasteiger partial charge in [-0.05, 0) is 26.9 Å². The molecule has 0 saturated carbocycles. The van der Waals surface area contributed by atoms with Crippen LogP contribution in [0.1, 0.15) is 33.7 Å². The first kappa shape index (κ1) is 14.6. The van der Waals surface area contributed by atoms with Gasteiger partial charge in [0, 0.05) is 12.6 Å². The monoisotopic (exact) mass is 253 g/mol. The summed E-state index contributed by atoms with van der Waals surface area (Å²) in [5.41, 5.74) is 0. The molecule has 102 valence electrons. The van der Waals surface area contributed by atoms with Crippen LogP contribution in [0.2, 0.25) is 0 Å². The number of nitrogens with zero attached hydrogens (tertiary/aromatic N) is 4. The fourth-order valence-electron chi connectivity index (χ4n) is 1.91. The Balaban J connectivity index is 2.41. The van der Waals surface area contributed by atoms with Gasteiger partial charge in [-0.2, -0.15) is 5.10 Å². The summed E-state index contributed by atoms with van der Waals surface area (Å²) in [6.07, 6.45) is 2.99. The molecule has 0 aliphatic carbocycles. The van der Waals surface area contributed by atoms with Gasteiger partial charge >= 0.3 is 0 Å². The molecule has 1 rings (SSSR count). The lowest BCUT2D eigenvalue weighted by atomic mass is 10.2. The Morgan fingerprint density at radius 3 is 2.56 bits per heavy atom. The summed E-state index contributed by atoms with van der Waals surface area (Å²) in [4.78, 5) is 18.1. The fraction of sp³-hybridized carbons (Fsp3) is 0.750. The maximum atomic E-state index is 11.9. The first-order valence-corrected chi connectivity index (χ1v) is 6.46. The van der Waals surface area contributed by atoms with Crippen LogP contribution in [0.15, 0.2) is 12.7 Å². The van der Waals surface area contributed by atoms with Crippen LogP contribution in [0, 0.1) is 0 Å². The number of hydrogen-bond donors (Lipinski definition) is 1. The third-order valence-electron chi connectivity index (χ3n) is 3.22. The molecule has 0 aliphatic rings. The minimum Gasteiger partial charge on any atom is -0.353 e. The highest BCUT2D eigenvalue weighted by Crippen LogP contribution is 2.02. The number of rotatable bonds is 7. The molecule has 1 aromatic rings. The molecule has 18 heavy (non-hydrogen) atoms. The van der Waals surface area contributed by atoms with Crippen LogP contribution in [0.3, 0.4) is 0 Å². The molecule has 1 aromatic heterocycles.